The molecule has 2 aromatic rings. The van der Waals surface area contributed by atoms with Gasteiger partial charge < -0.3 is 19.4 Å². The molecule has 1 atom stereocenters. The van der Waals surface area contributed by atoms with E-state index in [0.717, 1.165) is 36.8 Å². The summed E-state index contributed by atoms with van der Waals surface area (Å²) in [5.41, 5.74) is 1.87. The molecule has 0 aliphatic carbocycles. The number of amides is 2. The molecule has 9 nitrogen and oxygen atoms in total. The predicted molar refractivity (Wildman–Crippen MR) is 118 cm³/mol. The molecule has 166 valence electrons. The molecule has 2 fully saturated rings. The molecule has 2 aliphatic rings. The number of aryl methyl sites for hydroxylation is 2. The number of carbonyl (C=O) groups excluding carboxylic acids is 2. The van der Waals surface area contributed by atoms with Gasteiger partial charge in [0.15, 0.2) is 11.0 Å². The zero-order valence-corrected chi connectivity index (χ0v) is 19.2. The van der Waals surface area contributed by atoms with Gasteiger partial charge in [-0.2, -0.15) is 0 Å². The van der Waals surface area contributed by atoms with Gasteiger partial charge in [-0.3, -0.25) is 9.59 Å². The molecule has 10 heteroatoms. The number of hydrogen-bond acceptors (Lipinski definition) is 8. The maximum Gasteiger partial charge on any atom is 0.266 e. The number of morpholine rings is 1. The summed E-state index contributed by atoms with van der Waals surface area (Å²) < 4.78 is 5.42. The average Bonchev–Trinajstić information content (AvgIpc) is 3.40. The molecule has 0 spiro atoms. The van der Waals surface area contributed by atoms with E-state index in [4.69, 9.17) is 4.74 Å². The number of ether oxygens (including phenoxy) is 1. The molecule has 0 radical (unpaired) electrons. The fraction of sp³-hybridized carbons (Fsp3) is 0.571. The minimum absolute atomic E-state index is 0.0216. The van der Waals surface area contributed by atoms with Crippen molar-refractivity contribution < 1.29 is 14.3 Å². The Labute approximate surface area is 186 Å². The molecule has 2 aliphatic heterocycles. The average molecular weight is 445 g/mol. The summed E-state index contributed by atoms with van der Waals surface area (Å²) in [6.45, 7) is 7.30. The van der Waals surface area contributed by atoms with Gasteiger partial charge in [0.25, 0.3) is 11.8 Å². The Morgan fingerprint density at radius 3 is 2.55 bits per heavy atom. The third-order valence-electron chi connectivity index (χ3n) is 5.71. The Hall–Kier alpha value is -2.59. The van der Waals surface area contributed by atoms with Crippen molar-refractivity contribution in [3.63, 3.8) is 0 Å². The molecule has 2 saturated heterocycles. The second-order valence-corrected chi connectivity index (χ2v) is 9.07. The van der Waals surface area contributed by atoms with Crippen molar-refractivity contribution in [1.82, 2.24) is 24.8 Å². The smallest absolute Gasteiger partial charge is 0.266 e. The molecule has 0 aromatic carbocycles. The summed E-state index contributed by atoms with van der Waals surface area (Å²) in [7, 11) is 3.41. The van der Waals surface area contributed by atoms with Crippen molar-refractivity contribution in [3.8, 4) is 0 Å². The first kappa shape index (κ1) is 21.6. The Balaban J connectivity index is 1.56. The largest absolute Gasteiger partial charge is 0.378 e. The number of rotatable bonds is 4. The summed E-state index contributed by atoms with van der Waals surface area (Å²) in [6, 6.07) is -0.192. The highest BCUT2D eigenvalue weighted by Gasteiger charge is 2.35. The standard InChI is InChI=1S/C21H28N6O3S/c1-13-15(19(28)25(3)4)12-22-18(23-13)16-6-5-7-27(16)20(29)17-14(2)24-21(31-17)26-8-10-30-11-9-26/h12,16H,5-11H2,1-4H3. The van der Waals surface area contributed by atoms with Crippen LogP contribution in [0.15, 0.2) is 6.20 Å². The fourth-order valence-corrected chi connectivity index (χ4v) is 5.05. The summed E-state index contributed by atoms with van der Waals surface area (Å²) in [4.78, 5) is 45.6. The molecule has 2 amide bonds. The van der Waals surface area contributed by atoms with Crippen LogP contribution in [0.4, 0.5) is 5.13 Å². The summed E-state index contributed by atoms with van der Waals surface area (Å²) in [6.07, 6.45) is 3.28. The van der Waals surface area contributed by atoms with E-state index in [2.05, 4.69) is 19.9 Å². The first-order chi connectivity index (χ1) is 14.9. The van der Waals surface area contributed by atoms with Gasteiger partial charge in [0.1, 0.15) is 4.88 Å². The van der Waals surface area contributed by atoms with Crippen molar-refractivity contribution in [2.45, 2.75) is 32.7 Å². The third kappa shape index (κ3) is 4.27. The monoisotopic (exact) mass is 444 g/mol. The number of likely N-dealkylation sites (tertiary alicyclic amines) is 1. The van der Waals surface area contributed by atoms with E-state index < -0.39 is 0 Å². The van der Waals surface area contributed by atoms with E-state index in [1.165, 1.54) is 16.2 Å². The van der Waals surface area contributed by atoms with Gasteiger partial charge in [-0.1, -0.05) is 11.3 Å². The van der Waals surface area contributed by atoms with Crippen LogP contribution < -0.4 is 4.90 Å². The third-order valence-corrected chi connectivity index (χ3v) is 6.91. The zero-order valence-electron chi connectivity index (χ0n) is 18.4. The van der Waals surface area contributed by atoms with E-state index in [1.54, 1.807) is 20.3 Å². The minimum atomic E-state index is -0.192. The van der Waals surface area contributed by atoms with Crippen LogP contribution in [0.3, 0.4) is 0 Å². The quantitative estimate of drug-likeness (QED) is 0.713. The van der Waals surface area contributed by atoms with Crippen LogP contribution in [0.5, 0.6) is 0 Å². The lowest BCUT2D eigenvalue weighted by Crippen LogP contribution is -2.36. The van der Waals surface area contributed by atoms with Crippen LogP contribution in [0.1, 0.15) is 56.1 Å². The number of nitrogens with zero attached hydrogens (tertiary/aromatic N) is 6. The van der Waals surface area contributed by atoms with Gasteiger partial charge >= 0.3 is 0 Å². The molecule has 31 heavy (non-hydrogen) atoms. The number of hydrogen-bond donors (Lipinski definition) is 0. The molecule has 2 aromatic heterocycles. The number of thiazole rings is 1. The summed E-state index contributed by atoms with van der Waals surface area (Å²) >= 11 is 1.45. The number of anilines is 1. The lowest BCUT2D eigenvalue weighted by atomic mass is 10.1. The number of carbonyl (C=O) groups is 2. The molecule has 4 rings (SSSR count). The molecule has 0 bridgehead atoms. The summed E-state index contributed by atoms with van der Waals surface area (Å²) in [5.74, 6) is 0.445. The van der Waals surface area contributed by atoms with Crippen LogP contribution in [0, 0.1) is 13.8 Å². The highest BCUT2D eigenvalue weighted by Crippen LogP contribution is 2.35. The van der Waals surface area contributed by atoms with E-state index in [-0.39, 0.29) is 17.9 Å². The molecule has 0 N–H and O–H groups in total. The lowest BCUT2D eigenvalue weighted by molar-refractivity contribution is 0.0732. The Morgan fingerprint density at radius 2 is 1.87 bits per heavy atom. The van der Waals surface area contributed by atoms with Crippen LogP contribution in [-0.4, -0.2) is 83.5 Å². The Bertz CT molecular complexity index is 985. The van der Waals surface area contributed by atoms with Crippen molar-refractivity contribution >= 4 is 28.3 Å². The van der Waals surface area contributed by atoms with Gasteiger partial charge in [-0.15, -0.1) is 0 Å². The molecule has 4 heterocycles. The van der Waals surface area contributed by atoms with E-state index in [0.29, 0.717) is 41.7 Å². The normalized spacial score (nSPS) is 19.0. The van der Waals surface area contributed by atoms with Gasteiger partial charge in [0.2, 0.25) is 0 Å². The minimum Gasteiger partial charge on any atom is -0.378 e. The van der Waals surface area contributed by atoms with Gasteiger partial charge in [-0.25, -0.2) is 15.0 Å². The fourth-order valence-electron chi connectivity index (χ4n) is 3.98. The van der Waals surface area contributed by atoms with Gasteiger partial charge in [-0.05, 0) is 26.7 Å². The van der Waals surface area contributed by atoms with Crippen LogP contribution >= 0.6 is 11.3 Å². The molecule has 0 saturated carbocycles. The topological polar surface area (TPSA) is 91.8 Å². The van der Waals surface area contributed by atoms with Crippen molar-refractivity contribution in [2.75, 3.05) is 51.8 Å². The number of aromatic nitrogens is 3. The summed E-state index contributed by atoms with van der Waals surface area (Å²) in [5, 5.41) is 0.874. The lowest BCUT2D eigenvalue weighted by Gasteiger charge is -2.26. The second-order valence-electron chi connectivity index (χ2n) is 8.09. The van der Waals surface area contributed by atoms with Crippen molar-refractivity contribution in [3.05, 3.63) is 33.8 Å². The highest BCUT2D eigenvalue weighted by atomic mass is 32.1. The maximum absolute atomic E-state index is 13.4. The Kier molecular flexibility index (Phi) is 6.19. The first-order valence-electron chi connectivity index (χ1n) is 10.5. The predicted octanol–water partition coefficient (Wildman–Crippen LogP) is 2.07. The Morgan fingerprint density at radius 1 is 1.13 bits per heavy atom. The van der Waals surface area contributed by atoms with Crippen LogP contribution in [-0.2, 0) is 4.74 Å². The SMILES string of the molecule is Cc1nc(C2CCCN2C(=O)c2sc(N3CCOCC3)nc2C)ncc1C(=O)N(C)C. The van der Waals surface area contributed by atoms with Crippen LogP contribution in [0.25, 0.3) is 0 Å². The van der Waals surface area contributed by atoms with Gasteiger partial charge in [0.05, 0.1) is 36.2 Å². The zero-order chi connectivity index (χ0) is 22.1. The van der Waals surface area contributed by atoms with Crippen molar-refractivity contribution in [1.29, 1.82) is 0 Å². The van der Waals surface area contributed by atoms with E-state index in [1.807, 2.05) is 18.7 Å². The van der Waals surface area contributed by atoms with Gasteiger partial charge in [0, 0.05) is 39.9 Å². The first-order valence-corrected chi connectivity index (χ1v) is 11.3. The maximum atomic E-state index is 13.4. The van der Waals surface area contributed by atoms with E-state index >= 15 is 0 Å². The van der Waals surface area contributed by atoms with Crippen molar-refractivity contribution in [2.24, 2.45) is 0 Å². The molecule has 1 unspecified atom stereocenters. The second kappa shape index (κ2) is 8.88. The molecular formula is C21H28N6O3S. The highest BCUT2D eigenvalue weighted by molar-refractivity contribution is 7.17. The molecular weight excluding hydrogens is 416 g/mol. The van der Waals surface area contributed by atoms with E-state index in [9.17, 15) is 9.59 Å². The van der Waals surface area contributed by atoms with Crippen LogP contribution in [0.2, 0.25) is 0 Å².